The lowest BCUT2D eigenvalue weighted by Crippen LogP contribution is -2.12. The molecule has 0 aliphatic heterocycles. The lowest BCUT2D eigenvalue weighted by molar-refractivity contribution is 0.410. The van der Waals surface area contributed by atoms with E-state index in [0.29, 0.717) is 6.04 Å². The molecule has 0 heterocycles. The van der Waals surface area contributed by atoms with E-state index in [9.17, 15) is 0 Å². The average molecular weight is 179 g/mol. The number of aryl methyl sites for hydroxylation is 1. The molecule has 1 rings (SSSR count). The Morgan fingerprint density at radius 3 is 2.62 bits per heavy atom. The van der Waals surface area contributed by atoms with Crippen molar-refractivity contribution in [1.29, 1.82) is 0 Å². The summed E-state index contributed by atoms with van der Waals surface area (Å²) in [5, 5.41) is 3.20. The molecule has 1 N–H and O–H groups in total. The van der Waals surface area contributed by atoms with Crippen molar-refractivity contribution >= 4 is 0 Å². The van der Waals surface area contributed by atoms with Crippen molar-refractivity contribution < 1.29 is 4.74 Å². The van der Waals surface area contributed by atoms with Gasteiger partial charge in [0.15, 0.2) is 0 Å². The average Bonchev–Trinajstić information content (AvgIpc) is 2.17. The predicted molar refractivity (Wildman–Crippen MR) is 55.2 cm³/mol. The van der Waals surface area contributed by atoms with E-state index in [4.69, 9.17) is 4.74 Å². The molecule has 0 aliphatic rings. The monoisotopic (exact) mass is 179 g/mol. The Labute approximate surface area is 79.9 Å². The van der Waals surface area contributed by atoms with Gasteiger partial charge in [0, 0.05) is 6.04 Å². The minimum absolute atomic E-state index is 0.370. The third kappa shape index (κ3) is 2.22. The third-order valence-electron chi connectivity index (χ3n) is 2.37. The molecule has 0 aromatic heterocycles. The Balaban J connectivity index is 2.99. The normalized spacial score (nSPS) is 12.6. The van der Waals surface area contributed by atoms with Gasteiger partial charge in [-0.2, -0.15) is 0 Å². The number of benzene rings is 1. The van der Waals surface area contributed by atoms with Gasteiger partial charge in [-0.1, -0.05) is 12.1 Å². The van der Waals surface area contributed by atoms with Crippen LogP contribution in [0.5, 0.6) is 5.75 Å². The van der Waals surface area contributed by atoms with Crippen LogP contribution in [0, 0.1) is 6.92 Å². The number of ether oxygens (including phenoxy) is 1. The Hall–Kier alpha value is -1.02. The third-order valence-corrected chi connectivity index (χ3v) is 2.37. The van der Waals surface area contributed by atoms with Gasteiger partial charge in [-0.15, -0.1) is 0 Å². The molecule has 1 unspecified atom stereocenters. The van der Waals surface area contributed by atoms with E-state index in [1.807, 2.05) is 14.0 Å². The summed E-state index contributed by atoms with van der Waals surface area (Å²) in [5.74, 6) is 0.958. The van der Waals surface area contributed by atoms with Crippen LogP contribution in [0.2, 0.25) is 0 Å². The maximum atomic E-state index is 5.25. The molecule has 1 aromatic rings. The quantitative estimate of drug-likeness (QED) is 0.768. The Morgan fingerprint density at radius 1 is 1.38 bits per heavy atom. The molecule has 0 saturated heterocycles. The zero-order chi connectivity index (χ0) is 9.84. The second-order valence-electron chi connectivity index (χ2n) is 3.24. The van der Waals surface area contributed by atoms with E-state index >= 15 is 0 Å². The van der Waals surface area contributed by atoms with Gasteiger partial charge in [0.25, 0.3) is 0 Å². The number of hydrogen-bond acceptors (Lipinski definition) is 2. The van der Waals surface area contributed by atoms with E-state index in [2.05, 4.69) is 30.4 Å². The van der Waals surface area contributed by atoms with E-state index in [-0.39, 0.29) is 0 Å². The van der Waals surface area contributed by atoms with E-state index in [0.717, 1.165) is 5.75 Å². The van der Waals surface area contributed by atoms with Gasteiger partial charge in [0.2, 0.25) is 0 Å². The second kappa shape index (κ2) is 4.28. The van der Waals surface area contributed by atoms with Gasteiger partial charge in [-0.25, -0.2) is 0 Å². The van der Waals surface area contributed by atoms with Gasteiger partial charge < -0.3 is 10.1 Å². The Bertz CT molecular complexity index is 283. The fraction of sp³-hybridized carbons (Fsp3) is 0.455. The van der Waals surface area contributed by atoms with Crippen LogP contribution < -0.4 is 10.1 Å². The first kappa shape index (κ1) is 10.1. The van der Waals surface area contributed by atoms with Gasteiger partial charge in [0.1, 0.15) is 5.75 Å². The summed E-state index contributed by atoms with van der Waals surface area (Å²) in [6.07, 6.45) is 0. The molecule has 72 valence electrons. The van der Waals surface area contributed by atoms with E-state index in [1.165, 1.54) is 11.1 Å². The molecule has 0 bridgehead atoms. The first-order valence-electron chi connectivity index (χ1n) is 4.51. The van der Waals surface area contributed by atoms with Crippen LogP contribution in [-0.4, -0.2) is 14.2 Å². The van der Waals surface area contributed by atoms with E-state index in [1.54, 1.807) is 7.11 Å². The Kier molecular flexibility index (Phi) is 3.32. The van der Waals surface area contributed by atoms with Crippen molar-refractivity contribution in [3.8, 4) is 5.75 Å². The van der Waals surface area contributed by atoms with Crippen molar-refractivity contribution in [2.45, 2.75) is 19.9 Å². The Morgan fingerprint density at radius 2 is 2.08 bits per heavy atom. The van der Waals surface area contributed by atoms with Crippen LogP contribution in [0.1, 0.15) is 24.1 Å². The van der Waals surface area contributed by atoms with Gasteiger partial charge >= 0.3 is 0 Å². The highest BCUT2D eigenvalue weighted by molar-refractivity contribution is 5.37. The molecular weight excluding hydrogens is 162 g/mol. The van der Waals surface area contributed by atoms with Crippen LogP contribution >= 0.6 is 0 Å². The molecule has 0 saturated carbocycles. The SMILES string of the molecule is CNC(C)c1ccc(C)c(OC)c1. The maximum absolute atomic E-state index is 5.25. The molecule has 0 fully saturated rings. The highest BCUT2D eigenvalue weighted by Gasteiger charge is 2.04. The summed E-state index contributed by atoms with van der Waals surface area (Å²) < 4.78 is 5.25. The molecule has 1 aromatic carbocycles. The molecule has 0 radical (unpaired) electrons. The summed E-state index contributed by atoms with van der Waals surface area (Å²) in [5.41, 5.74) is 2.43. The van der Waals surface area contributed by atoms with Crippen molar-refractivity contribution in [3.05, 3.63) is 29.3 Å². The van der Waals surface area contributed by atoms with Gasteiger partial charge in [-0.3, -0.25) is 0 Å². The van der Waals surface area contributed by atoms with Crippen LogP contribution in [0.25, 0.3) is 0 Å². The molecule has 0 amide bonds. The van der Waals surface area contributed by atoms with Crippen molar-refractivity contribution in [2.75, 3.05) is 14.2 Å². The number of methoxy groups -OCH3 is 1. The van der Waals surface area contributed by atoms with Crippen molar-refractivity contribution in [1.82, 2.24) is 5.32 Å². The van der Waals surface area contributed by atoms with Gasteiger partial charge in [0.05, 0.1) is 7.11 Å². The number of nitrogens with one attached hydrogen (secondary N) is 1. The molecule has 0 spiro atoms. The van der Waals surface area contributed by atoms with Crippen molar-refractivity contribution in [3.63, 3.8) is 0 Å². The smallest absolute Gasteiger partial charge is 0.122 e. The predicted octanol–water partition coefficient (Wildman–Crippen LogP) is 2.28. The first-order chi connectivity index (χ1) is 6.19. The molecule has 13 heavy (non-hydrogen) atoms. The summed E-state index contributed by atoms with van der Waals surface area (Å²) >= 11 is 0. The largest absolute Gasteiger partial charge is 0.496 e. The van der Waals surface area contributed by atoms with Crippen LogP contribution in [0.15, 0.2) is 18.2 Å². The van der Waals surface area contributed by atoms with Crippen LogP contribution in [0.4, 0.5) is 0 Å². The lowest BCUT2D eigenvalue weighted by atomic mass is 10.1. The summed E-state index contributed by atoms with van der Waals surface area (Å²) in [6.45, 7) is 4.18. The number of hydrogen-bond donors (Lipinski definition) is 1. The first-order valence-corrected chi connectivity index (χ1v) is 4.51. The highest BCUT2D eigenvalue weighted by Crippen LogP contribution is 2.22. The fourth-order valence-corrected chi connectivity index (χ4v) is 1.27. The second-order valence-corrected chi connectivity index (χ2v) is 3.24. The minimum atomic E-state index is 0.370. The lowest BCUT2D eigenvalue weighted by Gasteiger charge is -2.13. The minimum Gasteiger partial charge on any atom is -0.496 e. The zero-order valence-electron chi connectivity index (χ0n) is 8.72. The molecule has 1 atom stereocenters. The summed E-state index contributed by atoms with van der Waals surface area (Å²) in [6, 6.07) is 6.66. The molecule has 2 heteroatoms. The summed E-state index contributed by atoms with van der Waals surface area (Å²) in [7, 11) is 3.66. The topological polar surface area (TPSA) is 21.3 Å². The summed E-state index contributed by atoms with van der Waals surface area (Å²) in [4.78, 5) is 0. The standard InChI is InChI=1S/C11H17NO/c1-8-5-6-10(9(2)12-3)7-11(8)13-4/h5-7,9,12H,1-4H3. The maximum Gasteiger partial charge on any atom is 0.122 e. The molecular formula is C11H17NO. The fourth-order valence-electron chi connectivity index (χ4n) is 1.27. The van der Waals surface area contributed by atoms with Gasteiger partial charge in [-0.05, 0) is 38.1 Å². The van der Waals surface area contributed by atoms with E-state index < -0.39 is 0 Å². The highest BCUT2D eigenvalue weighted by atomic mass is 16.5. The molecule has 0 aliphatic carbocycles. The van der Waals surface area contributed by atoms with Crippen molar-refractivity contribution in [2.24, 2.45) is 0 Å². The molecule has 2 nitrogen and oxygen atoms in total. The van der Waals surface area contributed by atoms with Crippen LogP contribution in [0.3, 0.4) is 0 Å². The van der Waals surface area contributed by atoms with Crippen LogP contribution in [-0.2, 0) is 0 Å². The number of rotatable bonds is 3. The zero-order valence-corrected chi connectivity index (χ0v) is 8.72.